The lowest BCUT2D eigenvalue weighted by Crippen LogP contribution is -2.55. The normalized spacial score (nSPS) is 12.8. The van der Waals surface area contributed by atoms with Gasteiger partial charge in [0.25, 0.3) is 0 Å². The minimum atomic E-state index is -2.71. The lowest BCUT2D eigenvalue weighted by Gasteiger charge is -2.26. The maximum Gasteiger partial charge on any atom is 0.536 e. The maximum atomic E-state index is 5.58. The van der Waals surface area contributed by atoms with Crippen molar-refractivity contribution in [2.45, 2.75) is 13.1 Å². The van der Waals surface area contributed by atoms with Gasteiger partial charge >= 0.3 is 8.80 Å². The minimum Gasteiger partial charge on any atom is -0.416 e. The van der Waals surface area contributed by atoms with Gasteiger partial charge in [-0.2, -0.15) is 0 Å². The first-order valence-electron chi connectivity index (χ1n) is 5.77. The van der Waals surface area contributed by atoms with Gasteiger partial charge in [0.2, 0.25) is 8.32 Å². The zero-order chi connectivity index (χ0) is 13.8. The molecule has 4 nitrogen and oxygen atoms in total. The number of hydrogen-bond acceptors (Lipinski definition) is 4. The van der Waals surface area contributed by atoms with Crippen molar-refractivity contribution in [3.05, 3.63) is 24.3 Å². The molecule has 0 N–H and O–H groups in total. The second kappa shape index (κ2) is 6.09. The third kappa shape index (κ3) is 2.90. The van der Waals surface area contributed by atoms with Crippen molar-refractivity contribution in [1.82, 2.24) is 0 Å². The first-order chi connectivity index (χ1) is 8.45. The van der Waals surface area contributed by atoms with Crippen LogP contribution in [0, 0.1) is 0 Å². The van der Waals surface area contributed by atoms with Crippen molar-refractivity contribution >= 4 is 27.5 Å². The number of benzene rings is 1. The van der Waals surface area contributed by atoms with Crippen LogP contribution in [-0.4, -0.2) is 45.6 Å². The second-order valence-electron chi connectivity index (χ2n) is 4.46. The lowest BCUT2D eigenvalue weighted by molar-refractivity contribution is 0.140. The van der Waals surface area contributed by atoms with E-state index < -0.39 is 17.1 Å². The quantitative estimate of drug-likeness (QED) is 0.726. The van der Waals surface area contributed by atoms with Crippen molar-refractivity contribution in [3.63, 3.8) is 0 Å². The molecule has 102 valence electrons. The van der Waals surface area contributed by atoms with Crippen molar-refractivity contribution in [2.75, 3.05) is 28.4 Å². The van der Waals surface area contributed by atoms with Crippen LogP contribution in [0.5, 0.6) is 0 Å². The van der Waals surface area contributed by atoms with Crippen LogP contribution in [0.2, 0.25) is 13.1 Å². The van der Waals surface area contributed by atoms with E-state index in [1.807, 2.05) is 12.1 Å². The van der Waals surface area contributed by atoms with Gasteiger partial charge in [-0.15, -0.1) is 0 Å². The molecular formula is C12H22O4Si2. The summed E-state index contributed by atoms with van der Waals surface area (Å²) in [6.45, 7) is 4.32. The molecule has 0 bridgehead atoms. The van der Waals surface area contributed by atoms with Crippen molar-refractivity contribution in [3.8, 4) is 0 Å². The van der Waals surface area contributed by atoms with Gasteiger partial charge in [-0.25, -0.2) is 0 Å². The van der Waals surface area contributed by atoms with Crippen molar-refractivity contribution in [2.24, 2.45) is 0 Å². The van der Waals surface area contributed by atoms with E-state index >= 15 is 0 Å². The molecule has 0 amide bonds. The third-order valence-corrected chi connectivity index (χ3v) is 8.65. The zero-order valence-corrected chi connectivity index (χ0v) is 13.9. The van der Waals surface area contributed by atoms with E-state index in [9.17, 15) is 0 Å². The van der Waals surface area contributed by atoms with Gasteiger partial charge < -0.3 is 17.7 Å². The summed E-state index contributed by atoms with van der Waals surface area (Å²) in [7, 11) is 2.11. The Morgan fingerprint density at radius 1 is 0.667 bits per heavy atom. The summed E-state index contributed by atoms with van der Waals surface area (Å²) in [5.74, 6) is 0. The van der Waals surface area contributed by atoms with Crippen LogP contribution < -0.4 is 10.4 Å². The molecule has 1 aromatic rings. The van der Waals surface area contributed by atoms with E-state index in [1.165, 1.54) is 5.19 Å². The Balaban J connectivity index is 3.09. The lowest BCUT2D eigenvalue weighted by atomic mass is 10.4. The fourth-order valence-electron chi connectivity index (χ4n) is 1.80. The van der Waals surface area contributed by atoms with Gasteiger partial charge in [0.05, 0.1) is 0 Å². The molecule has 0 atom stereocenters. The van der Waals surface area contributed by atoms with Crippen LogP contribution in [-0.2, 0) is 17.7 Å². The Morgan fingerprint density at radius 2 is 1.06 bits per heavy atom. The van der Waals surface area contributed by atoms with Crippen LogP contribution in [0.25, 0.3) is 0 Å². The average Bonchev–Trinajstić information content (AvgIpc) is 2.42. The zero-order valence-electron chi connectivity index (χ0n) is 11.9. The molecule has 0 saturated carbocycles. The summed E-state index contributed by atoms with van der Waals surface area (Å²) in [6, 6.07) is 8.16. The first kappa shape index (κ1) is 15.6. The smallest absolute Gasteiger partial charge is 0.416 e. The van der Waals surface area contributed by atoms with Crippen LogP contribution in [0.4, 0.5) is 0 Å². The van der Waals surface area contributed by atoms with Crippen LogP contribution >= 0.6 is 0 Å². The molecule has 1 aromatic carbocycles. The Kier molecular flexibility index (Phi) is 5.26. The van der Waals surface area contributed by atoms with Crippen molar-refractivity contribution < 1.29 is 17.7 Å². The van der Waals surface area contributed by atoms with Crippen LogP contribution in [0.1, 0.15) is 0 Å². The standard InChI is InChI=1S/C12H22O4Si2/c1-13-17(5,6)11-7-9-12(10-8-11)18(14-2,15-3)16-4/h7-10H,1-6H3. The summed E-state index contributed by atoms with van der Waals surface area (Å²) < 4.78 is 21.9. The molecule has 0 aliphatic heterocycles. The predicted octanol–water partition coefficient (Wildman–Crippen LogP) is 0.830. The van der Waals surface area contributed by atoms with Gasteiger partial charge in [-0.1, -0.05) is 24.3 Å². The van der Waals surface area contributed by atoms with E-state index in [2.05, 4.69) is 25.2 Å². The highest BCUT2D eigenvalue weighted by Gasteiger charge is 2.40. The molecule has 6 heteroatoms. The number of rotatable bonds is 6. The van der Waals surface area contributed by atoms with E-state index in [0.29, 0.717) is 0 Å². The molecule has 0 spiro atoms. The van der Waals surface area contributed by atoms with E-state index in [-0.39, 0.29) is 0 Å². The maximum absolute atomic E-state index is 5.58. The van der Waals surface area contributed by atoms with Crippen molar-refractivity contribution in [1.29, 1.82) is 0 Å². The first-order valence-corrected chi connectivity index (χ1v) is 10.4. The largest absolute Gasteiger partial charge is 0.536 e. The summed E-state index contributed by atoms with van der Waals surface area (Å²) in [5.41, 5.74) is 0. The monoisotopic (exact) mass is 286 g/mol. The van der Waals surface area contributed by atoms with Crippen LogP contribution in [0.15, 0.2) is 24.3 Å². The minimum absolute atomic E-state index is 0.958. The molecule has 0 saturated heterocycles. The van der Waals surface area contributed by atoms with Gasteiger partial charge in [-0.3, -0.25) is 0 Å². The van der Waals surface area contributed by atoms with E-state index in [1.54, 1.807) is 28.4 Å². The molecule has 0 aliphatic carbocycles. The molecule has 0 unspecified atom stereocenters. The van der Waals surface area contributed by atoms with Gasteiger partial charge in [0.1, 0.15) is 0 Å². The molecule has 18 heavy (non-hydrogen) atoms. The highest BCUT2D eigenvalue weighted by Crippen LogP contribution is 2.08. The number of hydrogen-bond donors (Lipinski definition) is 0. The summed E-state index contributed by atoms with van der Waals surface area (Å²) in [4.78, 5) is 0. The summed E-state index contributed by atoms with van der Waals surface area (Å²) in [5, 5.41) is 2.19. The van der Waals surface area contributed by atoms with Gasteiger partial charge in [0.15, 0.2) is 0 Å². The molecular weight excluding hydrogens is 264 g/mol. The Labute approximate surface area is 111 Å². The Morgan fingerprint density at radius 3 is 1.39 bits per heavy atom. The van der Waals surface area contributed by atoms with Crippen LogP contribution in [0.3, 0.4) is 0 Å². The highest BCUT2D eigenvalue weighted by molar-refractivity contribution is 6.84. The average molecular weight is 286 g/mol. The fraction of sp³-hybridized carbons (Fsp3) is 0.500. The molecule has 0 aliphatic rings. The summed E-state index contributed by atoms with van der Waals surface area (Å²) >= 11 is 0. The Bertz CT molecular complexity index is 366. The van der Waals surface area contributed by atoms with E-state index in [4.69, 9.17) is 17.7 Å². The van der Waals surface area contributed by atoms with Gasteiger partial charge in [0, 0.05) is 33.6 Å². The topological polar surface area (TPSA) is 36.9 Å². The highest BCUT2D eigenvalue weighted by atomic mass is 28.4. The SMILES string of the molecule is CO[Si](C)(C)c1ccc([Si](OC)(OC)OC)cc1. The fourth-order valence-corrected chi connectivity index (χ4v) is 4.78. The summed E-state index contributed by atoms with van der Waals surface area (Å²) in [6.07, 6.45) is 0. The molecule has 0 aromatic heterocycles. The molecule has 0 fully saturated rings. The molecule has 1 rings (SSSR count). The predicted molar refractivity (Wildman–Crippen MR) is 77.0 cm³/mol. The van der Waals surface area contributed by atoms with E-state index in [0.717, 1.165) is 5.19 Å². The molecule has 0 radical (unpaired) electrons. The third-order valence-electron chi connectivity index (χ3n) is 3.25. The van der Waals surface area contributed by atoms with Gasteiger partial charge in [-0.05, 0) is 18.3 Å². The Hall–Kier alpha value is -0.506. The second-order valence-corrected chi connectivity index (χ2v) is 11.4. The molecule has 0 heterocycles.